The molecular weight excluding hydrogens is 270 g/mol. The van der Waals surface area contributed by atoms with E-state index in [1.165, 1.54) is 0 Å². The van der Waals surface area contributed by atoms with E-state index in [1.54, 1.807) is 13.0 Å². The maximum Gasteiger partial charge on any atom is 0.354 e. The standard InChI is InChI=1S/C16H19NO4/c1-4-19-13-7-10-6-9(3)21-15(10)14-11(13)8-12(17-14)16(18)20-5-2/h7-9,17H,4-6H2,1-3H3. The molecule has 112 valence electrons. The van der Waals surface area contributed by atoms with E-state index in [2.05, 4.69) is 4.98 Å². The third-order valence-electron chi connectivity index (χ3n) is 3.53. The van der Waals surface area contributed by atoms with Gasteiger partial charge in [-0.2, -0.15) is 0 Å². The van der Waals surface area contributed by atoms with Crippen LogP contribution in [0, 0.1) is 0 Å². The molecule has 1 unspecified atom stereocenters. The van der Waals surface area contributed by atoms with E-state index in [9.17, 15) is 4.79 Å². The summed E-state index contributed by atoms with van der Waals surface area (Å²) in [5.41, 5.74) is 2.34. The zero-order chi connectivity index (χ0) is 15.0. The molecule has 0 saturated heterocycles. The third-order valence-corrected chi connectivity index (χ3v) is 3.53. The summed E-state index contributed by atoms with van der Waals surface area (Å²) in [6, 6.07) is 3.78. The molecule has 0 saturated carbocycles. The molecular formula is C16H19NO4. The van der Waals surface area contributed by atoms with Gasteiger partial charge in [-0.3, -0.25) is 0 Å². The van der Waals surface area contributed by atoms with Gasteiger partial charge in [-0.1, -0.05) is 0 Å². The Morgan fingerprint density at radius 3 is 2.90 bits per heavy atom. The molecule has 1 aromatic carbocycles. The fourth-order valence-corrected chi connectivity index (χ4v) is 2.72. The second-order valence-electron chi connectivity index (χ2n) is 5.12. The Kier molecular flexibility index (Phi) is 3.49. The van der Waals surface area contributed by atoms with Crippen LogP contribution < -0.4 is 9.47 Å². The van der Waals surface area contributed by atoms with Crippen LogP contribution in [0.5, 0.6) is 11.5 Å². The summed E-state index contributed by atoms with van der Waals surface area (Å²) < 4.78 is 16.6. The number of fused-ring (bicyclic) bond motifs is 3. The lowest BCUT2D eigenvalue weighted by Gasteiger charge is -2.08. The van der Waals surface area contributed by atoms with Crippen molar-refractivity contribution in [1.29, 1.82) is 0 Å². The highest BCUT2D eigenvalue weighted by Gasteiger charge is 2.26. The van der Waals surface area contributed by atoms with Gasteiger partial charge in [-0.25, -0.2) is 4.79 Å². The van der Waals surface area contributed by atoms with Gasteiger partial charge < -0.3 is 19.2 Å². The lowest BCUT2D eigenvalue weighted by atomic mass is 10.1. The average molecular weight is 289 g/mol. The van der Waals surface area contributed by atoms with Crippen molar-refractivity contribution in [2.75, 3.05) is 13.2 Å². The van der Waals surface area contributed by atoms with Crippen molar-refractivity contribution < 1.29 is 19.0 Å². The molecule has 2 heterocycles. The van der Waals surface area contributed by atoms with Gasteiger partial charge in [0.15, 0.2) is 0 Å². The Hall–Kier alpha value is -2.17. The van der Waals surface area contributed by atoms with Crippen LogP contribution in [0.2, 0.25) is 0 Å². The van der Waals surface area contributed by atoms with Crippen molar-refractivity contribution in [3.63, 3.8) is 0 Å². The van der Waals surface area contributed by atoms with Crippen molar-refractivity contribution >= 4 is 16.9 Å². The zero-order valence-corrected chi connectivity index (χ0v) is 12.5. The summed E-state index contributed by atoms with van der Waals surface area (Å²) in [5, 5.41) is 0.854. The molecule has 2 aromatic rings. The van der Waals surface area contributed by atoms with E-state index in [0.29, 0.717) is 18.9 Å². The minimum atomic E-state index is -0.365. The third kappa shape index (κ3) is 2.33. The van der Waals surface area contributed by atoms with Gasteiger partial charge in [0.25, 0.3) is 0 Å². The molecule has 5 heteroatoms. The molecule has 1 atom stereocenters. The number of aromatic amines is 1. The molecule has 0 fully saturated rings. The van der Waals surface area contributed by atoms with Crippen LogP contribution in [0.1, 0.15) is 36.8 Å². The highest BCUT2D eigenvalue weighted by molar-refractivity contribution is 6.00. The first-order valence-corrected chi connectivity index (χ1v) is 7.29. The second-order valence-corrected chi connectivity index (χ2v) is 5.12. The highest BCUT2D eigenvalue weighted by Crippen LogP contribution is 2.41. The van der Waals surface area contributed by atoms with Gasteiger partial charge in [0, 0.05) is 17.4 Å². The van der Waals surface area contributed by atoms with Crippen LogP contribution in [0.4, 0.5) is 0 Å². The number of H-pyrrole nitrogens is 1. The van der Waals surface area contributed by atoms with Crippen LogP contribution >= 0.6 is 0 Å². The lowest BCUT2D eigenvalue weighted by molar-refractivity contribution is 0.0520. The van der Waals surface area contributed by atoms with E-state index in [4.69, 9.17) is 14.2 Å². The normalized spacial score (nSPS) is 16.6. The van der Waals surface area contributed by atoms with E-state index >= 15 is 0 Å². The number of carbonyl (C=O) groups is 1. The minimum Gasteiger partial charge on any atom is -0.493 e. The monoisotopic (exact) mass is 289 g/mol. The van der Waals surface area contributed by atoms with Gasteiger partial charge in [0.2, 0.25) is 0 Å². The lowest BCUT2D eigenvalue weighted by Crippen LogP contribution is -2.06. The Morgan fingerprint density at radius 1 is 1.38 bits per heavy atom. The summed E-state index contributed by atoms with van der Waals surface area (Å²) in [6.45, 7) is 6.68. The zero-order valence-electron chi connectivity index (χ0n) is 12.5. The molecule has 21 heavy (non-hydrogen) atoms. The van der Waals surface area contributed by atoms with Crippen LogP contribution in [-0.2, 0) is 11.2 Å². The number of rotatable bonds is 4. The molecule has 1 aliphatic heterocycles. The Balaban J connectivity index is 2.15. The second kappa shape index (κ2) is 5.31. The van der Waals surface area contributed by atoms with Gasteiger partial charge in [0.05, 0.1) is 18.7 Å². The summed E-state index contributed by atoms with van der Waals surface area (Å²) >= 11 is 0. The Morgan fingerprint density at radius 2 is 2.19 bits per heavy atom. The number of nitrogens with one attached hydrogen (secondary N) is 1. The number of hydrogen-bond donors (Lipinski definition) is 1. The van der Waals surface area contributed by atoms with E-state index in [-0.39, 0.29) is 12.1 Å². The van der Waals surface area contributed by atoms with Crippen molar-refractivity contribution in [2.24, 2.45) is 0 Å². The molecule has 5 nitrogen and oxygen atoms in total. The summed E-state index contributed by atoms with van der Waals surface area (Å²) in [5.74, 6) is 1.23. The first-order chi connectivity index (χ1) is 10.1. The van der Waals surface area contributed by atoms with Crippen molar-refractivity contribution in [2.45, 2.75) is 33.3 Å². The van der Waals surface area contributed by atoms with Crippen LogP contribution in [0.3, 0.4) is 0 Å². The number of carbonyl (C=O) groups excluding carboxylic acids is 1. The average Bonchev–Trinajstić information content (AvgIpc) is 3.02. The molecule has 0 aliphatic carbocycles. The fourth-order valence-electron chi connectivity index (χ4n) is 2.72. The molecule has 1 aromatic heterocycles. The number of benzene rings is 1. The molecule has 0 bridgehead atoms. The quantitative estimate of drug-likeness (QED) is 0.879. The molecule has 1 aliphatic rings. The first-order valence-electron chi connectivity index (χ1n) is 7.29. The Bertz CT molecular complexity index is 689. The predicted molar refractivity (Wildman–Crippen MR) is 79.2 cm³/mol. The first kappa shape index (κ1) is 13.8. The Labute approximate surface area is 123 Å². The van der Waals surface area contributed by atoms with Gasteiger partial charge in [-0.15, -0.1) is 0 Å². The SMILES string of the molecule is CCOC(=O)c1cc2c(OCC)cc3c(c2[nH]1)OC(C)C3. The maximum atomic E-state index is 11.9. The van der Waals surface area contributed by atoms with E-state index in [1.807, 2.05) is 19.9 Å². The number of aromatic nitrogens is 1. The van der Waals surface area contributed by atoms with Crippen LogP contribution in [0.15, 0.2) is 12.1 Å². The van der Waals surface area contributed by atoms with E-state index in [0.717, 1.165) is 34.4 Å². The number of esters is 1. The topological polar surface area (TPSA) is 60.5 Å². The maximum absolute atomic E-state index is 11.9. The van der Waals surface area contributed by atoms with Crippen molar-refractivity contribution in [1.82, 2.24) is 4.98 Å². The predicted octanol–water partition coefficient (Wildman–Crippen LogP) is 3.07. The molecule has 0 spiro atoms. The molecule has 0 amide bonds. The highest BCUT2D eigenvalue weighted by atomic mass is 16.5. The number of ether oxygens (including phenoxy) is 3. The van der Waals surface area contributed by atoms with Crippen LogP contribution in [-0.4, -0.2) is 30.3 Å². The molecule has 3 rings (SSSR count). The van der Waals surface area contributed by atoms with E-state index < -0.39 is 0 Å². The summed E-state index contributed by atoms with van der Waals surface area (Å²) in [6.07, 6.45) is 0.980. The minimum absolute atomic E-state index is 0.134. The van der Waals surface area contributed by atoms with Gasteiger partial charge in [0.1, 0.15) is 23.3 Å². The smallest absolute Gasteiger partial charge is 0.354 e. The number of hydrogen-bond acceptors (Lipinski definition) is 4. The van der Waals surface area contributed by atoms with Gasteiger partial charge in [-0.05, 0) is 32.9 Å². The molecule has 0 radical (unpaired) electrons. The fraction of sp³-hybridized carbons (Fsp3) is 0.438. The largest absolute Gasteiger partial charge is 0.493 e. The van der Waals surface area contributed by atoms with Gasteiger partial charge >= 0.3 is 5.97 Å². The van der Waals surface area contributed by atoms with Crippen molar-refractivity contribution in [3.8, 4) is 11.5 Å². The molecule has 1 N–H and O–H groups in total. The summed E-state index contributed by atoms with van der Waals surface area (Å²) in [7, 11) is 0. The van der Waals surface area contributed by atoms with Crippen molar-refractivity contribution in [3.05, 3.63) is 23.4 Å². The van der Waals surface area contributed by atoms with Crippen LogP contribution in [0.25, 0.3) is 10.9 Å². The summed E-state index contributed by atoms with van der Waals surface area (Å²) in [4.78, 5) is 15.0.